The summed E-state index contributed by atoms with van der Waals surface area (Å²) in [6, 6.07) is 1.54. The fourth-order valence-corrected chi connectivity index (χ4v) is 1.29. The lowest BCUT2D eigenvalue weighted by Crippen LogP contribution is -2.25. The molecule has 0 aromatic carbocycles. The second-order valence-electron chi connectivity index (χ2n) is 3.17. The standard InChI is InChI=1S/C10H13ClN2O3/c1-16-9(14)3-2-4-12-10(15)8-5-7(11)6-13-8/h5-6,13H,2-4H2,1H3,(H,12,15). The highest BCUT2D eigenvalue weighted by Crippen LogP contribution is 2.08. The summed E-state index contributed by atoms with van der Waals surface area (Å²) in [4.78, 5) is 25.0. The first-order chi connectivity index (χ1) is 7.63. The minimum atomic E-state index is -0.280. The van der Waals surface area contributed by atoms with Crippen molar-refractivity contribution in [1.29, 1.82) is 0 Å². The van der Waals surface area contributed by atoms with Gasteiger partial charge in [-0.1, -0.05) is 11.6 Å². The van der Waals surface area contributed by atoms with Gasteiger partial charge in [-0.2, -0.15) is 0 Å². The molecule has 6 heteroatoms. The molecule has 0 unspecified atom stereocenters. The van der Waals surface area contributed by atoms with Gasteiger partial charge in [0.2, 0.25) is 0 Å². The molecule has 2 N–H and O–H groups in total. The van der Waals surface area contributed by atoms with Crippen LogP contribution >= 0.6 is 11.6 Å². The number of rotatable bonds is 5. The van der Waals surface area contributed by atoms with Crippen molar-refractivity contribution in [2.24, 2.45) is 0 Å². The molecule has 88 valence electrons. The number of halogens is 1. The SMILES string of the molecule is COC(=O)CCCNC(=O)c1cc(Cl)c[nH]1. The molecule has 1 aromatic heterocycles. The van der Waals surface area contributed by atoms with Crippen molar-refractivity contribution >= 4 is 23.5 Å². The highest BCUT2D eigenvalue weighted by molar-refractivity contribution is 6.30. The molecule has 0 aliphatic rings. The summed E-state index contributed by atoms with van der Waals surface area (Å²) in [5.41, 5.74) is 0.406. The third kappa shape index (κ3) is 3.94. The molecular weight excluding hydrogens is 232 g/mol. The van der Waals surface area contributed by atoms with E-state index >= 15 is 0 Å². The molecular formula is C10H13ClN2O3. The van der Waals surface area contributed by atoms with Gasteiger partial charge >= 0.3 is 5.97 Å². The maximum atomic E-state index is 11.5. The summed E-state index contributed by atoms with van der Waals surface area (Å²) < 4.78 is 4.47. The second kappa shape index (κ2) is 6.17. The van der Waals surface area contributed by atoms with E-state index in [1.54, 1.807) is 0 Å². The van der Waals surface area contributed by atoms with E-state index in [2.05, 4.69) is 15.0 Å². The van der Waals surface area contributed by atoms with Crippen LogP contribution in [0.2, 0.25) is 5.02 Å². The van der Waals surface area contributed by atoms with Crippen molar-refractivity contribution in [2.45, 2.75) is 12.8 Å². The van der Waals surface area contributed by atoms with Crippen molar-refractivity contribution in [3.05, 3.63) is 23.0 Å². The zero-order valence-corrected chi connectivity index (χ0v) is 9.63. The first kappa shape index (κ1) is 12.6. The number of nitrogens with one attached hydrogen (secondary N) is 2. The van der Waals surface area contributed by atoms with Gasteiger partial charge in [0, 0.05) is 19.2 Å². The van der Waals surface area contributed by atoms with Gasteiger partial charge in [-0.05, 0) is 12.5 Å². The molecule has 16 heavy (non-hydrogen) atoms. The number of hydrogen-bond acceptors (Lipinski definition) is 3. The number of aromatic amines is 1. The van der Waals surface area contributed by atoms with Crippen molar-refractivity contribution < 1.29 is 14.3 Å². The van der Waals surface area contributed by atoms with Gasteiger partial charge in [-0.15, -0.1) is 0 Å². The number of carbonyl (C=O) groups excluding carboxylic acids is 2. The number of hydrogen-bond donors (Lipinski definition) is 2. The van der Waals surface area contributed by atoms with Gasteiger partial charge in [-0.25, -0.2) is 0 Å². The number of H-pyrrole nitrogens is 1. The quantitative estimate of drug-likeness (QED) is 0.607. The molecule has 0 saturated heterocycles. The Labute approximate surface area is 98.1 Å². The Bertz CT molecular complexity index is 376. The summed E-state index contributed by atoms with van der Waals surface area (Å²) in [6.45, 7) is 0.421. The van der Waals surface area contributed by atoms with Crippen molar-refractivity contribution in [2.75, 3.05) is 13.7 Å². The molecule has 0 spiro atoms. The van der Waals surface area contributed by atoms with Crippen LogP contribution in [0.15, 0.2) is 12.3 Å². The minimum absolute atomic E-state index is 0.239. The number of amides is 1. The number of methoxy groups -OCH3 is 1. The largest absolute Gasteiger partial charge is 0.469 e. The zero-order valence-electron chi connectivity index (χ0n) is 8.88. The molecule has 0 bridgehead atoms. The molecule has 0 aliphatic heterocycles. The second-order valence-corrected chi connectivity index (χ2v) is 3.60. The predicted octanol–water partition coefficient (Wildman–Crippen LogP) is 1.35. The van der Waals surface area contributed by atoms with Crippen LogP contribution in [0.1, 0.15) is 23.3 Å². The number of esters is 1. The Balaban J connectivity index is 2.23. The van der Waals surface area contributed by atoms with Crippen molar-refractivity contribution in [1.82, 2.24) is 10.3 Å². The van der Waals surface area contributed by atoms with E-state index in [-0.39, 0.29) is 11.9 Å². The van der Waals surface area contributed by atoms with Crippen LogP contribution in [0.4, 0.5) is 0 Å². The first-order valence-electron chi connectivity index (χ1n) is 4.82. The van der Waals surface area contributed by atoms with Crippen molar-refractivity contribution in [3.8, 4) is 0 Å². The van der Waals surface area contributed by atoms with E-state index in [1.165, 1.54) is 19.4 Å². The topological polar surface area (TPSA) is 71.2 Å². The smallest absolute Gasteiger partial charge is 0.305 e. The Kier molecular flexibility index (Phi) is 4.85. The van der Waals surface area contributed by atoms with Crippen LogP contribution in [0.25, 0.3) is 0 Å². The van der Waals surface area contributed by atoms with Gasteiger partial charge in [-0.3, -0.25) is 9.59 Å². The lowest BCUT2D eigenvalue weighted by molar-refractivity contribution is -0.140. The molecule has 0 atom stereocenters. The van der Waals surface area contributed by atoms with Crippen LogP contribution in [0.5, 0.6) is 0 Å². The molecule has 0 saturated carbocycles. The highest BCUT2D eigenvalue weighted by Gasteiger charge is 2.07. The monoisotopic (exact) mass is 244 g/mol. The Morgan fingerprint density at radius 2 is 2.31 bits per heavy atom. The minimum Gasteiger partial charge on any atom is -0.469 e. The third-order valence-corrected chi connectivity index (χ3v) is 2.18. The van der Waals surface area contributed by atoms with Crippen LogP contribution in [0.3, 0.4) is 0 Å². The van der Waals surface area contributed by atoms with Gasteiger partial charge in [0.05, 0.1) is 12.1 Å². The van der Waals surface area contributed by atoms with Crippen molar-refractivity contribution in [3.63, 3.8) is 0 Å². The van der Waals surface area contributed by atoms with E-state index in [9.17, 15) is 9.59 Å². The predicted molar refractivity (Wildman–Crippen MR) is 59.4 cm³/mol. The van der Waals surface area contributed by atoms with Gasteiger partial charge in [0.1, 0.15) is 5.69 Å². The summed E-state index contributed by atoms with van der Waals surface area (Å²) in [7, 11) is 1.34. The van der Waals surface area contributed by atoms with Gasteiger partial charge in [0.25, 0.3) is 5.91 Å². The molecule has 0 aliphatic carbocycles. The summed E-state index contributed by atoms with van der Waals surface area (Å²) in [5, 5.41) is 3.14. The van der Waals surface area contributed by atoms with E-state index < -0.39 is 0 Å². The van der Waals surface area contributed by atoms with Crippen LogP contribution in [-0.4, -0.2) is 30.5 Å². The molecule has 1 aromatic rings. The van der Waals surface area contributed by atoms with Crippen LogP contribution < -0.4 is 5.32 Å². The van der Waals surface area contributed by atoms with E-state index in [4.69, 9.17) is 11.6 Å². The van der Waals surface area contributed by atoms with E-state index in [0.29, 0.717) is 30.1 Å². The van der Waals surface area contributed by atoms with E-state index in [0.717, 1.165) is 0 Å². The number of carbonyl (C=O) groups is 2. The normalized spacial score (nSPS) is 9.88. The third-order valence-electron chi connectivity index (χ3n) is 1.96. The maximum Gasteiger partial charge on any atom is 0.305 e. The number of ether oxygens (including phenoxy) is 1. The number of aromatic nitrogens is 1. The summed E-state index contributed by atoms with van der Waals surface area (Å²) >= 11 is 5.65. The lowest BCUT2D eigenvalue weighted by Gasteiger charge is -2.02. The summed E-state index contributed by atoms with van der Waals surface area (Å²) in [6.07, 6.45) is 2.38. The Hall–Kier alpha value is -1.49. The average molecular weight is 245 g/mol. The highest BCUT2D eigenvalue weighted by atomic mass is 35.5. The first-order valence-corrected chi connectivity index (χ1v) is 5.20. The van der Waals surface area contributed by atoms with Gasteiger partial charge in [0.15, 0.2) is 0 Å². The molecule has 1 amide bonds. The maximum absolute atomic E-state index is 11.5. The van der Waals surface area contributed by atoms with E-state index in [1.807, 2.05) is 0 Å². The molecule has 1 rings (SSSR count). The van der Waals surface area contributed by atoms with Crippen LogP contribution in [0, 0.1) is 0 Å². The Morgan fingerprint density at radius 3 is 2.88 bits per heavy atom. The molecule has 0 radical (unpaired) electrons. The zero-order chi connectivity index (χ0) is 12.0. The molecule has 0 fully saturated rings. The fraction of sp³-hybridized carbons (Fsp3) is 0.400. The molecule has 5 nitrogen and oxygen atoms in total. The van der Waals surface area contributed by atoms with Gasteiger partial charge < -0.3 is 15.0 Å². The fourth-order valence-electron chi connectivity index (χ4n) is 1.13. The Morgan fingerprint density at radius 1 is 1.56 bits per heavy atom. The molecule has 1 heterocycles. The average Bonchev–Trinajstić information content (AvgIpc) is 2.70. The lowest BCUT2D eigenvalue weighted by atomic mass is 10.3. The van der Waals surface area contributed by atoms with Crippen LogP contribution in [-0.2, 0) is 9.53 Å². The summed E-state index contributed by atoms with van der Waals surface area (Å²) in [5.74, 6) is -0.520.